The highest BCUT2D eigenvalue weighted by atomic mass is 32.1. The van der Waals surface area contributed by atoms with Crippen LogP contribution < -0.4 is 5.32 Å². The maximum atomic E-state index is 12.1. The smallest absolute Gasteiger partial charge is 0.245 e. The first-order valence-electron chi connectivity index (χ1n) is 7.88. The van der Waals surface area contributed by atoms with Gasteiger partial charge in [-0.05, 0) is 36.8 Å². The van der Waals surface area contributed by atoms with Crippen LogP contribution in [0.1, 0.15) is 28.8 Å². The minimum Gasteiger partial charge on any atom is -0.350 e. The monoisotopic (exact) mass is 340 g/mol. The van der Waals surface area contributed by atoms with Crippen LogP contribution >= 0.6 is 11.3 Å². The van der Waals surface area contributed by atoms with Gasteiger partial charge in [-0.25, -0.2) is 0 Å². The predicted molar refractivity (Wildman–Crippen MR) is 94.4 cm³/mol. The fraction of sp³-hybridized carbons (Fsp3) is 0.316. The molecule has 1 amide bonds. The first-order valence-corrected chi connectivity index (χ1v) is 8.76. The van der Waals surface area contributed by atoms with Gasteiger partial charge in [-0.3, -0.25) is 9.59 Å². The Balaban J connectivity index is 1.80. The predicted octanol–water partition coefficient (Wildman–Crippen LogP) is 3.40. The second-order valence-corrected chi connectivity index (χ2v) is 6.70. The van der Waals surface area contributed by atoms with E-state index in [1.54, 1.807) is 11.3 Å². The molecule has 0 radical (unpaired) electrons. The molecular weight excluding hydrogens is 320 g/mol. The lowest BCUT2D eigenvalue weighted by atomic mass is 9.99. The maximum Gasteiger partial charge on any atom is 0.245 e. The third kappa shape index (κ3) is 5.32. The number of amides is 1. The molecule has 0 spiro atoms. The fourth-order valence-electron chi connectivity index (χ4n) is 2.31. The average molecular weight is 340 g/mol. The van der Waals surface area contributed by atoms with Gasteiger partial charge in [0.2, 0.25) is 5.91 Å². The highest BCUT2D eigenvalue weighted by Crippen LogP contribution is 2.13. The number of thiophene rings is 1. The van der Waals surface area contributed by atoms with E-state index in [2.05, 4.69) is 5.32 Å². The van der Waals surface area contributed by atoms with Gasteiger partial charge in [0.15, 0.2) is 11.7 Å². The molecule has 1 aromatic heterocycles. The van der Waals surface area contributed by atoms with Crippen molar-refractivity contribution in [2.75, 3.05) is 0 Å². The molecule has 24 heavy (non-hydrogen) atoms. The van der Waals surface area contributed by atoms with Crippen LogP contribution in [0.4, 0.5) is 0 Å². The van der Waals surface area contributed by atoms with E-state index in [0.29, 0.717) is 13.0 Å². The number of nitriles is 1. The van der Waals surface area contributed by atoms with Crippen LogP contribution in [-0.4, -0.2) is 11.7 Å². The summed E-state index contributed by atoms with van der Waals surface area (Å²) in [6, 6.07) is 13.6. The summed E-state index contributed by atoms with van der Waals surface area (Å²) in [7, 11) is 0. The molecule has 0 fully saturated rings. The summed E-state index contributed by atoms with van der Waals surface area (Å²) in [6.07, 6.45) is 1.70. The summed E-state index contributed by atoms with van der Waals surface area (Å²) in [5.74, 6) is -2.05. The number of carbonyl (C=O) groups excluding carboxylic acids is 2. The van der Waals surface area contributed by atoms with Crippen LogP contribution in [0.2, 0.25) is 0 Å². The zero-order chi connectivity index (χ0) is 17.4. The molecule has 1 aromatic carbocycles. The van der Waals surface area contributed by atoms with Crippen LogP contribution in [0.5, 0.6) is 0 Å². The van der Waals surface area contributed by atoms with E-state index >= 15 is 0 Å². The summed E-state index contributed by atoms with van der Waals surface area (Å²) < 4.78 is 0. The van der Waals surface area contributed by atoms with Crippen LogP contribution in [0.15, 0.2) is 41.8 Å². The van der Waals surface area contributed by atoms with E-state index in [9.17, 15) is 9.59 Å². The van der Waals surface area contributed by atoms with E-state index < -0.39 is 11.8 Å². The number of rotatable bonds is 8. The van der Waals surface area contributed by atoms with Gasteiger partial charge in [-0.2, -0.15) is 5.26 Å². The zero-order valence-corrected chi connectivity index (χ0v) is 14.4. The molecular formula is C19H20N2O2S. The third-order valence-corrected chi connectivity index (χ3v) is 4.66. The van der Waals surface area contributed by atoms with Crippen LogP contribution in [-0.2, 0) is 22.6 Å². The van der Waals surface area contributed by atoms with Crippen molar-refractivity contribution in [1.29, 1.82) is 5.26 Å². The van der Waals surface area contributed by atoms with E-state index in [1.807, 2.05) is 54.8 Å². The van der Waals surface area contributed by atoms with Crippen molar-refractivity contribution < 1.29 is 9.59 Å². The number of nitrogens with one attached hydrogen (secondary N) is 1. The van der Waals surface area contributed by atoms with Crippen LogP contribution in [0.25, 0.3) is 0 Å². The lowest BCUT2D eigenvalue weighted by Gasteiger charge is -2.10. The number of hydrogen-bond acceptors (Lipinski definition) is 4. The van der Waals surface area contributed by atoms with E-state index in [-0.39, 0.29) is 12.2 Å². The molecule has 124 valence electrons. The van der Waals surface area contributed by atoms with Crippen molar-refractivity contribution >= 4 is 23.0 Å². The number of benzene rings is 1. The molecule has 2 rings (SSSR count). The Kier molecular flexibility index (Phi) is 6.71. The molecule has 1 atom stereocenters. The largest absolute Gasteiger partial charge is 0.350 e. The zero-order valence-electron chi connectivity index (χ0n) is 13.6. The average Bonchev–Trinajstić information content (AvgIpc) is 3.08. The lowest BCUT2D eigenvalue weighted by molar-refractivity contribution is -0.131. The lowest BCUT2D eigenvalue weighted by Crippen LogP contribution is -2.34. The van der Waals surface area contributed by atoms with Crippen molar-refractivity contribution in [3.63, 3.8) is 0 Å². The molecule has 1 heterocycles. The topological polar surface area (TPSA) is 70.0 Å². The van der Waals surface area contributed by atoms with E-state index in [4.69, 9.17) is 5.26 Å². The normalized spacial score (nSPS) is 11.5. The van der Waals surface area contributed by atoms with Gasteiger partial charge in [0.1, 0.15) is 0 Å². The highest BCUT2D eigenvalue weighted by Gasteiger charge is 2.25. The molecule has 0 saturated heterocycles. The molecule has 0 saturated carbocycles. The van der Waals surface area contributed by atoms with Gasteiger partial charge in [-0.1, -0.05) is 35.9 Å². The number of nitrogens with zero attached hydrogens (tertiary/aromatic N) is 1. The molecule has 0 bridgehead atoms. The van der Waals surface area contributed by atoms with Gasteiger partial charge in [0.25, 0.3) is 0 Å². The SMILES string of the molecule is Cc1ccc(CNC(=O)[C@H](C#N)C(=O)CCCc2cccs2)cc1. The third-order valence-electron chi connectivity index (χ3n) is 3.73. The highest BCUT2D eigenvalue weighted by molar-refractivity contribution is 7.09. The Bertz CT molecular complexity index is 715. The minimum absolute atomic E-state index is 0.244. The summed E-state index contributed by atoms with van der Waals surface area (Å²) in [6.45, 7) is 2.31. The Labute approximate surface area is 146 Å². The molecule has 0 unspecified atom stereocenters. The first-order chi connectivity index (χ1) is 11.6. The first kappa shape index (κ1) is 17.9. The second-order valence-electron chi connectivity index (χ2n) is 5.66. The van der Waals surface area contributed by atoms with Gasteiger partial charge in [0.05, 0.1) is 6.07 Å². The standard InChI is InChI=1S/C19H20N2O2S/c1-14-7-9-15(10-8-14)13-21-19(23)17(12-20)18(22)6-2-4-16-5-3-11-24-16/h3,5,7-11,17H,2,4,6,13H2,1H3,(H,21,23)/t17-/m1/s1. The molecule has 1 N–H and O–H groups in total. The quantitative estimate of drug-likeness (QED) is 0.749. The number of Topliss-reactive ketones (excluding diaryl/α,β-unsaturated/α-hetero) is 1. The summed E-state index contributed by atoms with van der Waals surface area (Å²) in [5, 5.41) is 13.8. The van der Waals surface area contributed by atoms with Crippen molar-refractivity contribution in [3.05, 3.63) is 57.8 Å². The fourth-order valence-corrected chi connectivity index (χ4v) is 3.06. The number of ketones is 1. The Hall–Kier alpha value is -2.45. The summed E-state index contributed by atoms with van der Waals surface area (Å²) >= 11 is 1.65. The van der Waals surface area contributed by atoms with Gasteiger partial charge in [-0.15, -0.1) is 11.3 Å². The van der Waals surface area contributed by atoms with Crippen molar-refractivity contribution in [2.45, 2.75) is 32.7 Å². The van der Waals surface area contributed by atoms with Crippen molar-refractivity contribution in [2.24, 2.45) is 5.92 Å². The van der Waals surface area contributed by atoms with Crippen LogP contribution in [0.3, 0.4) is 0 Å². The molecule has 5 heteroatoms. The molecule has 2 aromatic rings. The van der Waals surface area contributed by atoms with Crippen LogP contribution in [0, 0.1) is 24.2 Å². The summed E-state index contributed by atoms with van der Waals surface area (Å²) in [4.78, 5) is 25.4. The maximum absolute atomic E-state index is 12.1. The number of hydrogen-bond donors (Lipinski definition) is 1. The molecule has 4 nitrogen and oxygen atoms in total. The number of aryl methyl sites for hydroxylation is 2. The molecule has 0 aliphatic carbocycles. The Morgan fingerprint density at radius 3 is 2.62 bits per heavy atom. The molecule has 0 aliphatic heterocycles. The van der Waals surface area contributed by atoms with Gasteiger partial charge < -0.3 is 5.32 Å². The van der Waals surface area contributed by atoms with Crippen molar-refractivity contribution in [3.8, 4) is 6.07 Å². The summed E-state index contributed by atoms with van der Waals surface area (Å²) in [5.41, 5.74) is 2.08. The van der Waals surface area contributed by atoms with Gasteiger partial charge in [0, 0.05) is 17.8 Å². The number of carbonyl (C=O) groups is 2. The van der Waals surface area contributed by atoms with Gasteiger partial charge >= 0.3 is 0 Å². The second kappa shape index (κ2) is 8.99. The molecule has 0 aliphatic rings. The Morgan fingerprint density at radius 1 is 1.25 bits per heavy atom. The van der Waals surface area contributed by atoms with E-state index in [0.717, 1.165) is 17.5 Å². The Morgan fingerprint density at radius 2 is 2.00 bits per heavy atom. The van der Waals surface area contributed by atoms with E-state index in [1.165, 1.54) is 4.88 Å². The minimum atomic E-state index is -1.22. The van der Waals surface area contributed by atoms with Crippen molar-refractivity contribution in [1.82, 2.24) is 5.32 Å².